The largest absolute Gasteiger partial charge is 0.484 e. The lowest BCUT2D eigenvalue weighted by Crippen LogP contribution is -2.36. The van der Waals surface area contributed by atoms with Gasteiger partial charge >= 0.3 is 0 Å². The zero-order valence-electron chi connectivity index (χ0n) is 15.7. The molecule has 1 saturated heterocycles. The van der Waals surface area contributed by atoms with Gasteiger partial charge in [-0.3, -0.25) is 9.59 Å². The topological polar surface area (TPSA) is 58.6 Å². The second kappa shape index (κ2) is 9.21. The fourth-order valence-corrected chi connectivity index (χ4v) is 3.12. The van der Waals surface area contributed by atoms with E-state index in [1.54, 1.807) is 0 Å². The number of ether oxygens (including phenoxy) is 1. The third-order valence-electron chi connectivity index (χ3n) is 4.69. The highest BCUT2D eigenvalue weighted by Crippen LogP contribution is 2.15. The number of nitrogens with one attached hydrogen (secondary N) is 1. The van der Waals surface area contributed by atoms with Crippen LogP contribution in [0.1, 0.15) is 30.4 Å². The van der Waals surface area contributed by atoms with Crippen molar-refractivity contribution < 1.29 is 14.3 Å². The van der Waals surface area contributed by atoms with Crippen LogP contribution in [-0.4, -0.2) is 36.4 Å². The first-order valence-corrected chi connectivity index (χ1v) is 9.46. The van der Waals surface area contributed by atoms with Crippen molar-refractivity contribution >= 4 is 17.5 Å². The summed E-state index contributed by atoms with van der Waals surface area (Å²) in [4.78, 5) is 26.3. The van der Waals surface area contributed by atoms with Crippen LogP contribution < -0.4 is 10.1 Å². The van der Waals surface area contributed by atoms with Gasteiger partial charge in [-0.15, -0.1) is 0 Å². The zero-order chi connectivity index (χ0) is 19.1. The average Bonchev–Trinajstić information content (AvgIpc) is 2.70. The van der Waals surface area contributed by atoms with Crippen molar-refractivity contribution in [2.45, 2.75) is 32.6 Å². The number of hydrogen-bond acceptors (Lipinski definition) is 3. The molecule has 1 N–H and O–H groups in total. The molecule has 0 aromatic heterocycles. The van der Waals surface area contributed by atoms with Crippen LogP contribution in [0, 0.1) is 6.92 Å². The molecule has 1 fully saturated rings. The van der Waals surface area contributed by atoms with Crippen molar-refractivity contribution in [2.24, 2.45) is 0 Å². The average molecular weight is 366 g/mol. The smallest absolute Gasteiger partial charge is 0.262 e. The van der Waals surface area contributed by atoms with Gasteiger partial charge in [-0.2, -0.15) is 0 Å². The van der Waals surface area contributed by atoms with Gasteiger partial charge in [-0.1, -0.05) is 29.8 Å². The Morgan fingerprint density at radius 2 is 1.63 bits per heavy atom. The number of carbonyl (C=O) groups excluding carboxylic acids is 2. The molecule has 0 unspecified atom stereocenters. The first kappa shape index (κ1) is 19.0. The Morgan fingerprint density at radius 3 is 2.30 bits per heavy atom. The SMILES string of the molecule is Cc1ccc(OCC(=O)Nc2ccc(CC(=O)N3CCCCC3)cc2)cc1. The van der Waals surface area contributed by atoms with E-state index in [-0.39, 0.29) is 18.4 Å². The van der Waals surface area contributed by atoms with E-state index in [4.69, 9.17) is 4.74 Å². The van der Waals surface area contributed by atoms with E-state index in [1.807, 2.05) is 60.4 Å². The fraction of sp³-hybridized carbons (Fsp3) is 0.364. The van der Waals surface area contributed by atoms with Crippen LogP contribution in [0.25, 0.3) is 0 Å². The van der Waals surface area contributed by atoms with E-state index in [0.29, 0.717) is 17.9 Å². The fourth-order valence-electron chi connectivity index (χ4n) is 3.12. The number of likely N-dealkylation sites (tertiary alicyclic amines) is 1. The predicted octanol–water partition coefficient (Wildman–Crippen LogP) is 3.57. The second-order valence-corrected chi connectivity index (χ2v) is 6.97. The van der Waals surface area contributed by atoms with E-state index in [9.17, 15) is 9.59 Å². The van der Waals surface area contributed by atoms with Gasteiger partial charge < -0.3 is 15.0 Å². The quantitative estimate of drug-likeness (QED) is 0.850. The Bertz CT molecular complexity index is 763. The summed E-state index contributed by atoms with van der Waals surface area (Å²) >= 11 is 0. The lowest BCUT2D eigenvalue weighted by Gasteiger charge is -2.26. The third kappa shape index (κ3) is 5.84. The normalized spacial score (nSPS) is 13.9. The van der Waals surface area contributed by atoms with E-state index in [2.05, 4.69) is 5.32 Å². The number of nitrogens with zero attached hydrogens (tertiary/aromatic N) is 1. The van der Waals surface area contributed by atoms with Gasteiger partial charge in [-0.25, -0.2) is 0 Å². The number of carbonyl (C=O) groups is 2. The maximum Gasteiger partial charge on any atom is 0.262 e. The molecular formula is C22H26N2O3. The van der Waals surface area contributed by atoms with E-state index in [1.165, 1.54) is 6.42 Å². The number of rotatable bonds is 6. The molecule has 0 spiro atoms. The molecule has 2 aromatic rings. The number of hydrogen-bond donors (Lipinski definition) is 1. The molecule has 2 amide bonds. The maximum absolute atomic E-state index is 12.3. The van der Waals surface area contributed by atoms with Crippen molar-refractivity contribution in [2.75, 3.05) is 25.0 Å². The summed E-state index contributed by atoms with van der Waals surface area (Å²) in [5, 5.41) is 2.81. The molecule has 0 atom stereocenters. The third-order valence-corrected chi connectivity index (χ3v) is 4.69. The molecule has 0 saturated carbocycles. The molecule has 5 heteroatoms. The van der Waals surface area contributed by atoms with Gasteiger partial charge in [0.25, 0.3) is 5.91 Å². The highest BCUT2D eigenvalue weighted by Gasteiger charge is 2.16. The molecule has 5 nitrogen and oxygen atoms in total. The van der Waals surface area contributed by atoms with Gasteiger partial charge in [-0.05, 0) is 56.0 Å². The summed E-state index contributed by atoms with van der Waals surface area (Å²) in [5.41, 5.74) is 2.80. The first-order valence-electron chi connectivity index (χ1n) is 9.46. The van der Waals surface area contributed by atoms with E-state index >= 15 is 0 Å². The van der Waals surface area contributed by atoms with Crippen molar-refractivity contribution in [3.05, 3.63) is 59.7 Å². The number of benzene rings is 2. The number of piperidine rings is 1. The van der Waals surface area contributed by atoms with E-state index < -0.39 is 0 Å². The molecule has 142 valence electrons. The van der Waals surface area contributed by atoms with Crippen LogP contribution in [0.5, 0.6) is 5.75 Å². The van der Waals surface area contributed by atoms with Crippen LogP contribution in [0.15, 0.2) is 48.5 Å². The lowest BCUT2D eigenvalue weighted by atomic mass is 10.1. The maximum atomic E-state index is 12.3. The molecule has 1 aliphatic rings. The summed E-state index contributed by atoms with van der Waals surface area (Å²) in [6.07, 6.45) is 3.82. The molecule has 0 radical (unpaired) electrons. The van der Waals surface area contributed by atoms with Gasteiger partial charge in [0.05, 0.1) is 6.42 Å². The van der Waals surface area contributed by atoms with Crippen LogP contribution >= 0.6 is 0 Å². The van der Waals surface area contributed by atoms with Crippen LogP contribution in [-0.2, 0) is 16.0 Å². The zero-order valence-corrected chi connectivity index (χ0v) is 15.7. The monoisotopic (exact) mass is 366 g/mol. The summed E-state index contributed by atoms with van der Waals surface area (Å²) in [6.45, 7) is 3.69. The minimum absolute atomic E-state index is 0.0434. The second-order valence-electron chi connectivity index (χ2n) is 6.97. The lowest BCUT2D eigenvalue weighted by molar-refractivity contribution is -0.131. The van der Waals surface area contributed by atoms with Crippen molar-refractivity contribution in [1.82, 2.24) is 4.90 Å². The van der Waals surface area contributed by atoms with Crippen molar-refractivity contribution in [3.63, 3.8) is 0 Å². The number of anilines is 1. The summed E-state index contributed by atoms with van der Waals surface area (Å²) in [5.74, 6) is 0.632. The van der Waals surface area contributed by atoms with Crippen LogP contribution in [0.3, 0.4) is 0 Å². The van der Waals surface area contributed by atoms with Crippen LogP contribution in [0.2, 0.25) is 0 Å². The molecule has 1 aliphatic heterocycles. The Balaban J connectivity index is 1.45. The first-order chi connectivity index (χ1) is 13.1. The highest BCUT2D eigenvalue weighted by atomic mass is 16.5. The number of aryl methyl sites for hydroxylation is 1. The van der Waals surface area contributed by atoms with Crippen molar-refractivity contribution in [1.29, 1.82) is 0 Å². The minimum Gasteiger partial charge on any atom is -0.484 e. The molecule has 27 heavy (non-hydrogen) atoms. The Labute approximate surface area is 160 Å². The minimum atomic E-state index is -0.215. The van der Waals surface area contributed by atoms with Crippen molar-refractivity contribution in [3.8, 4) is 5.75 Å². The Morgan fingerprint density at radius 1 is 0.963 bits per heavy atom. The van der Waals surface area contributed by atoms with Gasteiger partial charge in [0.1, 0.15) is 5.75 Å². The van der Waals surface area contributed by atoms with Gasteiger partial charge in [0, 0.05) is 18.8 Å². The molecule has 2 aromatic carbocycles. The van der Waals surface area contributed by atoms with Gasteiger partial charge in [0.15, 0.2) is 6.61 Å². The van der Waals surface area contributed by atoms with Crippen LogP contribution in [0.4, 0.5) is 5.69 Å². The summed E-state index contributed by atoms with van der Waals surface area (Å²) < 4.78 is 5.48. The Hall–Kier alpha value is -2.82. The Kier molecular flexibility index (Phi) is 6.47. The summed E-state index contributed by atoms with van der Waals surface area (Å²) in [6, 6.07) is 15.0. The number of amides is 2. The molecule has 3 rings (SSSR count). The molecule has 1 heterocycles. The highest BCUT2D eigenvalue weighted by molar-refractivity contribution is 5.92. The molecular weight excluding hydrogens is 340 g/mol. The predicted molar refractivity (Wildman–Crippen MR) is 106 cm³/mol. The standard InChI is InChI=1S/C22H26N2O3/c1-17-5-11-20(12-6-17)27-16-21(25)23-19-9-7-18(8-10-19)15-22(26)24-13-3-2-4-14-24/h5-12H,2-4,13-16H2,1H3,(H,23,25). The molecule has 0 bridgehead atoms. The van der Waals surface area contributed by atoms with Gasteiger partial charge in [0.2, 0.25) is 5.91 Å². The summed E-state index contributed by atoms with van der Waals surface area (Å²) in [7, 11) is 0. The molecule has 0 aliphatic carbocycles. The van der Waals surface area contributed by atoms with E-state index in [0.717, 1.165) is 37.1 Å².